The first-order chi connectivity index (χ1) is 9.96. The molecular formula is C17H29IN4. The van der Waals surface area contributed by atoms with Crippen LogP contribution in [0.5, 0.6) is 0 Å². The Labute approximate surface area is 151 Å². The molecule has 0 aliphatic carbocycles. The quantitative estimate of drug-likeness (QED) is 0.451. The Morgan fingerprint density at radius 3 is 2.36 bits per heavy atom. The van der Waals surface area contributed by atoms with Crippen LogP contribution in [0.25, 0.3) is 0 Å². The van der Waals surface area contributed by atoms with E-state index in [-0.39, 0.29) is 29.5 Å². The van der Waals surface area contributed by atoms with E-state index < -0.39 is 0 Å². The van der Waals surface area contributed by atoms with Gasteiger partial charge in [-0.3, -0.25) is 9.89 Å². The van der Waals surface area contributed by atoms with E-state index in [2.05, 4.69) is 66.3 Å². The van der Waals surface area contributed by atoms with Crippen LogP contribution < -0.4 is 11.1 Å². The second kappa shape index (κ2) is 8.72. The molecule has 5 heteroatoms. The smallest absolute Gasteiger partial charge is 0.189 e. The molecule has 1 aliphatic heterocycles. The van der Waals surface area contributed by atoms with Crippen LogP contribution in [-0.2, 0) is 0 Å². The van der Waals surface area contributed by atoms with Crippen LogP contribution in [0.4, 0.5) is 0 Å². The summed E-state index contributed by atoms with van der Waals surface area (Å²) >= 11 is 0. The highest BCUT2D eigenvalue weighted by molar-refractivity contribution is 14.0. The standard InChI is InChI=1S/C17H28N4.HI/c1-17(2,3)20-16(18)19-13-15(21-11-7-8-12-21)14-9-5-4-6-10-14;/h4-6,9-10,15H,7-8,11-13H2,1-3H3,(H3,18,19,20);1H. The Hall–Kier alpha value is -0.820. The fourth-order valence-electron chi connectivity index (χ4n) is 2.77. The summed E-state index contributed by atoms with van der Waals surface area (Å²) in [6, 6.07) is 11.0. The van der Waals surface area contributed by atoms with Crippen molar-refractivity contribution < 1.29 is 0 Å². The third kappa shape index (κ3) is 6.12. The van der Waals surface area contributed by atoms with Gasteiger partial charge in [0, 0.05) is 5.54 Å². The number of nitrogens with zero attached hydrogens (tertiary/aromatic N) is 2. The molecule has 2 rings (SSSR count). The summed E-state index contributed by atoms with van der Waals surface area (Å²) in [5.74, 6) is 0.530. The minimum atomic E-state index is -0.0521. The molecule has 0 saturated carbocycles. The van der Waals surface area contributed by atoms with Crippen molar-refractivity contribution in [3.63, 3.8) is 0 Å². The average molecular weight is 416 g/mol. The average Bonchev–Trinajstić information content (AvgIpc) is 2.92. The maximum atomic E-state index is 6.01. The number of hydrogen-bond acceptors (Lipinski definition) is 2. The van der Waals surface area contributed by atoms with E-state index in [0.29, 0.717) is 18.5 Å². The van der Waals surface area contributed by atoms with Crippen molar-refractivity contribution in [1.82, 2.24) is 10.2 Å². The maximum Gasteiger partial charge on any atom is 0.189 e. The lowest BCUT2D eigenvalue weighted by Crippen LogP contribution is -2.45. The molecule has 22 heavy (non-hydrogen) atoms. The summed E-state index contributed by atoms with van der Waals surface area (Å²) in [6.07, 6.45) is 2.56. The molecule has 0 radical (unpaired) electrons. The molecule has 0 amide bonds. The number of guanidine groups is 1. The Bertz CT molecular complexity index is 461. The van der Waals surface area contributed by atoms with E-state index >= 15 is 0 Å². The molecule has 1 aromatic carbocycles. The first-order valence-corrected chi connectivity index (χ1v) is 7.83. The predicted octanol–water partition coefficient (Wildman–Crippen LogP) is 3.14. The van der Waals surface area contributed by atoms with Crippen LogP contribution in [0, 0.1) is 0 Å². The summed E-state index contributed by atoms with van der Waals surface area (Å²) in [5, 5.41) is 3.23. The largest absolute Gasteiger partial charge is 0.370 e. The van der Waals surface area contributed by atoms with E-state index in [1.54, 1.807) is 0 Å². The third-order valence-corrected chi connectivity index (χ3v) is 3.70. The molecule has 0 spiro atoms. The minimum Gasteiger partial charge on any atom is -0.370 e. The van der Waals surface area contributed by atoms with Crippen LogP contribution in [0.2, 0.25) is 0 Å². The van der Waals surface area contributed by atoms with Gasteiger partial charge in [-0.2, -0.15) is 0 Å². The summed E-state index contributed by atoms with van der Waals surface area (Å²) < 4.78 is 0. The molecule has 4 nitrogen and oxygen atoms in total. The Balaban J connectivity index is 0.00000242. The lowest BCUT2D eigenvalue weighted by molar-refractivity contribution is 0.251. The third-order valence-electron chi connectivity index (χ3n) is 3.70. The van der Waals surface area contributed by atoms with Crippen molar-refractivity contribution in [3.8, 4) is 0 Å². The van der Waals surface area contributed by atoms with Crippen LogP contribution in [-0.4, -0.2) is 36.0 Å². The van der Waals surface area contributed by atoms with E-state index in [0.717, 1.165) is 13.1 Å². The molecule has 1 heterocycles. The lowest BCUT2D eigenvalue weighted by atomic mass is 10.1. The SMILES string of the molecule is CC(C)(C)NC(N)=NCC(c1ccccc1)N1CCCC1.I. The highest BCUT2D eigenvalue weighted by atomic mass is 127. The van der Waals surface area contributed by atoms with Gasteiger partial charge in [-0.25, -0.2) is 0 Å². The summed E-state index contributed by atoms with van der Waals surface area (Å²) in [6.45, 7) is 9.28. The molecule has 1 fully saturated rings. The topological polar surface area (TPSA) is 53.6 Å². The van der Waals surface area contributed by atoms with Gasteiger partial charge >= 0.3 is 0 Å². The van der Waals surface area contributed by atoms with Crippen LogP contribution in [0.1, 0.15) is 45.2 Å². The van der Waals surface area contributed by atoms with Gasteiger partial charge in [0.05, 0.1) is 12.6 Å². The van der Waals surface area contributed by atoms with Crippen LogP contribution in [0.3, 0.4) is 0 Å². The molecule has 1 atom stereocenters. The number of rotatable bonds is 4. The van der Waals surface area contributed by atoms with Crippen molar-refractivity contribution in [2.75, 3.05) is 19.6 Å². The number of halogens is 1. The van der Waals surface area contributed by atoms with Gasteiger partial charge in [0.15, 0.2) is 5.96 Å². The summed E-state index contributed by atoms with van der Waals surface area (Å²) in [4.78, 5) is 7.09. The fourth-order valence-corrected chi connectivity index (χ4v) is 2.77. The summed E-state index contributed by atoms with van der Waals surface area (Å²) in [5.41, 5.74) is 7.28. The normalized spacial score (nSPS) is 17.9. The minimum absolute atomic E-state index is 0. The molecule has 0 bridgehead atoms. The Kier molecular flexibility index (Phi) is 7.62. The highest BCUT2D eigenvalue weighted by Gasteiger charge is 2.23. The van der Waals surface area contributed by atoms with E-state index in [9.17, 15) is 0 Å². The van der Waals surface area contributed by atoms with Crippen molar-refractivity contribution in [2.45, 2.75) is 45.2 Å². The molecule has 1 unspecified atom stereocenters. The first-order valence-electron chi connectivity index (χ1n) is 7.83. The zero-order valence-electron chi connectivity index (χ0n) is 13.9. The Morgan fingerprint density at radius 1 is 1.23 bits per heavy atom. The van der Waals surface area contributed by atoms with Gasteiger partial charge in [0.25, 0.3) is 0 Å². The second-order valence-corrected chi connectivity index (χ2v) is 6.77. The van der Waals surface area contributed by atoms with Crippen molar-refractivity contribution in [2.24, 2.45) is 10.7 Å². The highest BCUT2D eigenvalue weighted by Crippen LogP contribution is 2.25. The molecule has 124 valence electrons. The lowest BCUT2D eigenvalue weighted by Gasteiger charge is -2.27. The molecule has 1 aliphatic rings. The zero-order valence-corrected chi connectivity index (χ0v) is 16.2. The zero-order chi connectivity index (χ0) is 15.3. The molecule has 0 aromatic heterocycles. The monoisotopic (exact) mass is 416 g/mol. The first kappa shape index (κ1) is 19.2. The Morgan fingerprint density at radius 2 is 1.82 bits per heavy atom. The molecule has 3 N–H and O–H groups in total. The van der Waals surface area contributed by atoms with Crippen LogP contribution in [0.15, 0.2) is 35.3 Å². The summed E-state index contributed by atoms with van der Waals surface area (Å²) in [7, 11) is 0. The molecule has 1 aromatic rings. The van der Waals surface area contributed by atoms with Gasteiger partial charge in [-0.05, 0) is 52.3 Å². The van der Waals surface area contributed by atoms with E-state index in [1.165, 1.54) is 18.4 Å². The molecular weight excluding hydrogens is 387 g/mol. The van der Waals surface area contributed by atoms with Crippen molar-refractivity contribution >= 4 is 29.9 Å². The number of hydrogen-bond donors (Lipinski definition) is 2. The van der Waals surface area contributed by atoms with Gasteiger partial charge in [-0.1, -0.05) is 30.3 Å². The number of nitrogens with one attached hydrogen (secondary N) is 1. The molecule has 1 saturated heterocycles. The van der Waals surface area contributed by atoms with Gasteiger partial charge < -0.3 is 11.1 Å². The second-order valence-electron chi connectivity index (χ2n) is 6.77. The van der Waals surface area contributed by atoms with Crippen LogP contribution >= 0.6 is 24.0 Å². The van der Waals surface area contributed by atoms with Gasteiger partial charge in [0.2, 0.25) is 0 Å². The van der Waals surface area contributed by atoms with Crippen molar-refractivity contribution in [1.29, 1.82) is 0 Å². The van der Waals surface area contributed by atoms with Crippen molar-refractivity contribution in [3.05, 3.63) is 35.9 Å². The number of nitrogens with two attached hydrogens (primary N) is 1. The fraction of sp³-hybridized carbons (Fsp3) is 0.588. The number of benzene rings is 1. The number of likely N-dealkylation sites (tertiary alicyclic amines) is 1. The van der Waals surface area contributed by atoms with E-state index in [4.69, 9.17) is 5.73 Å². The predicted molar refractivity (Wildman–Crippen MR) is 105 cm³/mol. The van der Waals surface area contributed by atoms with E-state index in [1.807, 2.05) is 0 Å². The number of aliphatic imine (C=N–C) groups is 1. The van der Waals surface area contributed by atoms with Gasteiger partial charge in [0.1, 0.15) is 0 Å². The maximum absolute atomic E-state index is 6.01. The van der Waals surface area contributed by atoms with Gasteiger partial charge in [-0.15, -0.1) is 24.0 Å².